The summed E-state index contributed by atoms with van der Waals surface area (Å²) >= 11 is 3.47. The van der Waals surface area contributed by atoms with Gasteiger partial charge in [-0.05, 0) is 45.4 Å². The van der Waals surface area contributed by atoms with Crippen LogP contribution in [0, 0.1) is 0 Å². The van der Waals surface area contributed by atoms with Crippen molar-refractivity contribution >= 4 is 39.5 Å². The van der Waals surface area contributed by atoms with E-state index in [-0.39, 0.29) is 15.4 Å². The van der Waals surface area contributed by atoms with Gasteiger partial charge in [0.25, 0.3) is 5.91 Å². The lowest BCUT2D eigenvalue weighted by Crippen LogP contribution is -2.33. The summed E-state index contributed by atoms with van der Waals surface area (Å²) in [6.45, 7) is 9.23. The first kappa shape index (κ1) is 24.6. The molecule has 0 N–H and O–H groups in total. The third-order valence-electron chi connectivity index (χ3n) is 4.83. The van der Waals surface area contributed by atoms with Gasteiger partial charge in [0.05, 0.1) is 4.91 Å². The number of nitrogens with zero attached hydrogens (tertiary/aromatic N) is 1. The van der Waals surface area contributed by atoms with E-state index in [1.807, 2.05) is 44.2 Å². The van der Waals surface area contributed by atoms with Gasteiger partial charge in [0.1, 0.15) is 0 Å². The van der Waals surface area contributed by atoms with Crippen molar-refractivity contribution in [2.75, 3.05) is 7.05 Å². The number of fused-ring (bicyclic) bond motifs is 2. The average Bonchev–Trinajstić information content (AvgIpc) is 2.74. The Kier molecular flexibility index (Phi) is 7.92. The van der Waals surface area contributed by atoms with Crippen LogP contribution in [-0.2, 0) is 19.2 Å². The average molecular weight is 490 g/mol. The van der Waals surface area contributed by atoms with Crippen molar-refractivity contribution in [2.45, 2.75) is 47.5 Å². The zero-order valence-electron chi connectivity index (χ0n) is 18.6. The van der Waals surface area contributed by atoms with E-state index in [9.17, 15) is 13.2 Å². The fourth-order valence-corrected chi connectivity index (χ4v) is 6.59. The number of hydroxylamine groups is 2. The van der Waals surface area contributed by atoms with Crippen LogP contribution in [0.2, 0.25) is 0 Å². The molecule has 3 rings (SSSR count). The van der Waals surface area contributed by atoms with E-state index in [2.05, 4.69) is 18.7 Å². The first-order chi connectivity index (χ1) is 15.1. The van der Waals surface area contributed by atoms with Gasteiger partial charge in [0.2, 0.25) is 0 Å². The molecule has 2 atom stereocenters. The molecule has 0 fully saturated rings. The number of hydrogen-bond acceptors (Lipinski definition) is 6. The Balaban J connectivity index is 1.68. The first-order valence-electron chi connectivity index (χ1n) is 10.1. The highest BCUT2D eigenvalue weighted by molar-refractivity contribution is 8.06. The van der Waals surface area contributed by atoms with Gasteiger partial charge in [0.15, 0.2) is 0 Å². The molecular weight excluding hydrogens is 462 g/mol. The highest BCUT2D eigenvalue weighted by atomic mass is 32.2. The summed E-state index contributed by atoms with van der Waals surface area (Å²) < 4.78 is 30.2. The van der Waals surface area contributed by atoms with Crippen LogP contribution in [0.25, 0.3) is 0 Å². The lowest BCUT2D eigenvalue weighted by molar-refractivity contribution is -0.146. The van der Waals surface area contributed by atoms with Crippen molar-refractivity contribution in [1.29, 1.82) is 0 Å². The lowest BCUT2D eigenvalue weighted by atomic mass is 10.1. The molecule has 1 amide bonds. The topological polar surface area (TPSA) is 63.7 Å². The minimum Gasteiger partial charge on any atom is -0.267 e. The second-order valence-electron chi connectivity index (χ2n) is 7.82. The summed E-state index contributed by atoms with van der Waals surface area (Å²) in [7, 11) is -2.81. The number of hydrogen-bond donors (Lipinski definition) is 0. The molecule has 0 spiro atoms. The Morgan fingerprint density at radius 3 is 2.41 bits per heavy atom. The molecule has 8 heteroatoms. The van der Waals surface area contributed by atoms with Crippen LogP contribution >= 0.6 is 23.5 Å². The molecule has 170 valence electrons. The molecule has 0 saturated heterocycles. The summed E-state index contributed by atoms with van der Waals surface area (Å²) in [6.07, 6.45) is 9.59. The maximum atomic E-state index is 12.9. The van der Waals surface area contributed by atoms with Crippen LogP contribution in [0.3, 0.4) is 0 Å². The van der Waals surface area contributed by atoms with E-state index in [1.54, 1.807) is 29.6 Å². The van der Waals surface area contributed by atoms with Gasteiger partial charge < -0.3 is 0 Å². The van der Waals surface area contributed by atoms with Crippen LogP contribution in [0.4, 0.5) is 0 Å². The number of amides is 1. The molecule has 5 nitrogen and oxygen atoms in total. The zero-order chi connectivity index (χ0) is 23.5. The van der Waals surface area contributed by atoms with Gasteiger partial charge in [-0.25, -0.2) is 5.06 Å². The van der Waals surface area contributed by atoms with E-state index in [4.69, 9.17) is 4.28 Å². The molecule has 2 aliphatic rings. The van der Waals surface area contributed by atoms with E-state index in [0.29, 0.717) is 17.6 Å². The molecule has 1 heterocycles. The first-order valence-corrected chi connectivity index (χ1v) is 13.3. The number of allylic oxidation sites excluding steroid dienone is 5. The number of rotatable bonds is 7. The van der Waals surface area contributed by atoms with Crippen molar-refractivity contribution < 1.29 is 17.5 Å². The Hall–Kier alpha value is -2.00. The molecule has 1 aromatic carbocycles. The Morgan fingerprint density at radius 1 is 1.16 bits per heavy atom. The molecule has 1 aromatic rings. The smallest absolute Gasteiger partial charge is 0.267 e. The Labute approximate surface area is 199 Å². The zero-order valence-corrected chi connectivity index (χ0v) is 21.0. The van der Waals surface area contributed by atoms with Crippen LogP contribution in [-0.4, -0.2) is 36.9 Å². The van der Waals surface area contributed by atoms with E-state index in [0.717, 1.165) is 10.6 Å². The summed E-state index contributed by atoms with van der Waals surface area (Å²) in [5, 5.41) is 1.08. The summed E-state index contributed by atoms with van der Waals surface area (Å²) in [5.41, 5.74) is 2.17. The molecule has 0 bridgehead atoms. The van der Waals surface area contributed by atoms with Gasteiger partial charge in [-0.2, -0.15) is 8.42 Å². The summed E-state index contributed by atoms with van der Waals surface area (Å²) in [6, 6.07) is 8.18. The van der Waals surface area contributed by atoms with E-state index in [1.165, 1.54) is 29.8 Å². The number of benzene rings is 1. The number of carbonyl (C=O) groups excluding carboxylic acids is 1. The molecule has 2 unspecified atom stereocenters. The van der Waals surface area contributed by atoms with Crippen molar-refractivity contribution in [2.24, 2.45) is 0 Å². The van der Waals surface area contributed by atoms with Crippen LogP contribution in [0.15, 0.2) is 92.6 Å². The molecule has 0 aromatic heterocycles. The molecule has 32 heavy (non-hydrogen) atoms. The predicted octanol–water partition coefficient (Wildman–Crippen LogP) is 5.65. The monoisotopic (exact) mass is 489 g/mol. The van der Waals surface area contributed by atoms with Gasteiger partial charge in [-0.3, -0.25) is 4.79 Å². The van der Waals surface area contributed by atoms with E-state index < -0.39 is 16.0 Å². The quantitative estimate of drug-likeness (QED) is 0.280. The molecule has 0 radical (unpaired) electrons. The number of carbonyl (C=O) groups is 1. The second-order valence-corrected chi connectivity index (χ2v) is 12.0. The SMILES string of the molecule is C=C(/C=C(\C)S(=O)(=O)ON(C)C(=O)C1=CC2Sc3ccccc3SC2C=C1)CC=C(C)C. The maximum absolute atomic E-state index is 12.9. The highest BCUT2D eigenvalue weighted by Crippen LogP contribution is 2.47. The van der Waals surface area contributed by atoms with Gasteiger partial charge in [-0.1, -0.05) is 54.2 Å². The third-order valence-corrected chi connectivity index (χ3v) is 9.10. The molecular formula is C24H27NO4S3. The molecule has 1 aliphatic carbocycles. The van der Waals surface area contributed by atoms with Gasteiger partial charge >= 0.3 is 10.1 Å². The normalized spacial score (nSPS) is 20.0. The second kappa shape index (κ2) is 10.3. The van der Waals surface area contributed by atoms with Crippen molar-refractivity contribution in [3.8, 4) is 0 Å². The van der Waals surface area contributed by atoms with Crippen LogP contribution in [0.5, 0.6) is 0 Å². The van der Waals surface area contributed by atoms with Crippen molar-refractivity contribution in [3.05, 3.63) is 82.8 Å². The fourth-order valence-electron chi connectivity index (χ4n) is 3.10. The van der Waals surface area contributed by atoms with Gasteiger partial charge in [-0.15, -0.1) is 27.8 Å². The summed E-state index contributed by atoms with van der Waals surface area (Å²) in [5.74, 6) is -0.510. The van der Waals surface area contributed by atoms with Crippen LogP contribution in [0.1, 0.15) is 27.2 Å². The van der Waals surface area contributed by atoms with Gasteiger partial charge in [0, 0.05) is 32.9 Å². The van der Waals surface area contributed by atoms with Crippen LogP contribution < -0.4 is 0 Å². The lowest BCUT2D eigenvalue weighted by Gasteiger charge is -2.31. The largest absolute Gasteiger partial charge is 0.313 e. The van der Waals surface area contributed by atoms with E-state index >= 15 is 0 Å². The molecule has 0 saturated carbocycles. The minimum atomic E-state index is -4.12. The fraction of sp³-hybridized carbons (Fsp3) is 0.292. The highest BCUT2D eigenvalue weighted by Gasteiger charge is 2.31. The molecule has 1 aliphatic heterocycles. The third kappa shape index (κ3) is 6.07. The maximum Gasteiger partial charge on any atom is 0.313 e. The van der Waals surface area contributed by atoms with Crippen molar-refractivity contribution in [1.82, 2.24) is 5.06 Å². The number of likely N-dealkylation sites (N-methyl/N-ethyl adjacent to an activating group) is 1. The number of thioether (sulfide) groups is 2. The minimum absolute atomic E-state index is 0.00613. The Bertz CT molecular complexity index is 1140. The Morgan fingerprint density at radius 2 is 1.78 bits per heavy atom. The predicted molar refractivity (Wildman–Crippen MR) is 133 cm³/mol. The van der Waals surface area contributed by atoms with Crippen molar-refractivity contribution in [3.63, 3.8) is 0 Å². The summed E-state index contributed by atoms with van der Waals surface area (Å²) in [4.78, 5) is 15.3. The standard InChI is InChI=1S/C24H27NO4S3/c1-16(2)10-11-17(3)14-18(4)32(27,28)29-25(5)24(26)19-12-13-22-23(15-19)31-21-9-7-6-8-20(21)30-22/h6-10,12-15,22-23H,3,11H2,1-2,4-5H3/b18-14+.